The molecule has 0 atom stereocenters. The Balaban J connectivity index is 2.10. The number of hydrogen-bond acceptors (Lipinski definition) is 6. The van der Waals surface area contributed by atoms with Crippen molar-refractivity contribution in [2.75, 3.05) is 32.6 Å². The SMILES string of the molecule is CN(C)C(=O)C1(N(CCO)S(=O)(=O)c2ccc3c(NC(N)=NCl)cncc3c2)CCCC1. The normalized spacial score (nSPS) is 16.5. The molecule has 12 heteroatoms. The summed E-state index contributed by atoms with van der Waals surface area (Å²) in [5.74, 6) is -0.311. The summed E-state index contributed by atoms with van der Waals surface area (Å²) in [5.41, 5.74) is 4.92. The average molecular weight is 483 g/mol. The number of amides is 1. The first-order valence-corrected chi connectivity index (χ1v) is 11.9. The van der Waals surface area contributed by atoms with Gasteiger partial charge in [0.25, 0.3) is 0 Å². The third kappa shape index (κ3) is 4.38. The zero-order valence-electron chi connectivity index (χ0n) is 18.0. The summed E-state index contributed by atoms with van der Waals surface area (Å²) >= 11 is 5.37. The highest BCUT2D eigenvalue weighted by Crippen LogP contribution is 2.40. The van der Waals surface area contributed by atoms with Crippen molar-refractivity contribution >= 4 is 50.1 Å². The number of nitrogens with zero attached hydrogens (tertiary/aromatic N) is 4. The van der Waals surface area contributed by atoms with Gasteiger partial charge in [-0.2, -0.15) is 4.31 Å². The second-order valence-corrected chi connectivity index (χ2v) is 9.94. The van der Waals surface area contributed by atoms with Gasteiger partial charge in [0, 0.05) is 49.4 Å². The van der Waals surface area contributed by atoms with Crippen LogP contribution in [0.3, 0.4) is 0 Å². The monoisotopic (exact) mass is 482 g/mol. The molecule has 174 valence electrons. The molecule has 10 nitrogen and oxygen atoms in total. The van der Waals surface area contributed by atoms with Gasteiger partial charge in [0.1, 0.15) is 5.54 Å². The van der Waals surface area contributed by atoms with E-state index < -0.39 is 22.2 Å². The highest BCUT2D eigenvalue weighted by Gasteiger charge is 2.51. The lowest BCUT2D eigenvalue weighted by atomic mass is 9.95. The smallest absolute Gasteiger partial charge is 0.244 e. The van der Waals surface area contributed by atoms with Crippen molar-refractivity contribution in [2.45, 2.75) is 36.1 Å². The van der Waals surface area contributed by atoms with E-state index in [9.17, 15) is 18.3 Å². The molecule has 0 radical (unpaired) electrons. The van der Waals surface area contributed by atoms with Gasteiger partial charge in [0.2, 0.25) is 21.9 Å². The molecule has 1 amide bonds. The molecular formula is C20H27ClN6O4S. The number of carbonyl (C=O) groups excluding carboxylic acids is 1. The number of likely N-dealkylation sites (N-methyl/N-ethyl adjacent to an activating group) is 1. The second kappa shape index (κ2) is 9.57. The molecule has 32 heavy (non-hydrogen) atoms. The van der Waals surface area contributed by atoms with Gasteiger partial charge in [0.05, 0.1) is 23.4 Å². The van der Waals surface area contributed by atoms with Crippen molar-refractivity contribution in [3.05, 3.63) is 30.6 Å². The summed E-state index contributed by atoms with van der Waals surface area (Å²) in [6.07, 6.45) is 5.33. The third-order valence-electron chi connectivity index (χ3n) is 5.69. The van der Waals surface area contributed by atoms with Gasteiger partial charge in [-0.1, -0.05) is 18.9 Å². The average Bonchev–Trinajstić information content (AvgIpc) is 3.27. The molecule has 1 heterocycles. The number of nitrogens with one attached hydrogen (secondary N) is 1. The Hall–Kier alpha value is -2.47. The van der Waals surface area contributed by atoms with Gasteiger partial charge in [0.15, 0.2) is 0 Å². The number of aromatic nitrogens is 1. The van der Waals surface area contributed by atoms with Crippen molar-refractivity contribution in [1.29, 1.82) is 0 Å². The molecular weight excluding hydrogens is 456 g/mol. The van der Waals surface area contributed by atoms with Gasteiger partial charge in [-0.15, -0.1) is 4.51 Å². The Morgan fingerprint density at radius 2 is 2.00 bits per heavy atom. The molecule has 0 unspecified atom stereocenters. The predicted octanol–water partition coefficient (Wildman–Crippen LogP) is 1.50. The number of guanidine groups is 1. The number of carbonyl (C=O) groups is 1. The van der Waals surface area contributed by atoms with Crippen LogP contribution in [0.2, 0.25) is 0 Å². The summed E-state index contributed by atoms with van der Waals surface area (Å²) in [4.78, 5) is 18.7. The maximum atomic E-state index is 13.7. The highest BCUT2D eigenvalue weighted by molar-refractivity contribution is 7.89. The molecule has 0 saturated heterocycles. The largest absolute Gasteiger partial charge is 0.395 e. The number of β-amino-alcohol motifs (C(OH)–C–C–N with tert-alkyl or cyclic N) is 1. The number of sulfonamides is 1. The second-order valence-electron chi connectivity index (χ2n) is 7.90. The number of nitrogens with two attached hydrogens (primary N) is 1. The van der Waals surface area contributed by atoms with Crippen LogP contribution in [0.25, 0.3) is 10.8 Å². The number of aliphatic hydroxyl groups is 1. The first-order valence-electron chi connectivity index (χ1n) is 10.1. The molecule has 1 saturated carbocycles. The molecule has 1 fully saturated rings. The summed E-state index contributed by atoms with van der Waals surface area (Å²) in [7, 11) is -0.889. The van der Waals surface area contributed by atoms with E-state index in [-0.39, 0.29) is 23.3 Å². The van der Waals surface area contributed by atoms with E-state index in [2.05, 4.69) is 14.8 Å². The van der Waals surface area contributed by atoms with Crippen LogP contribution in [-0.4, -0.2) is 72.4 Å². The Bertz CT molecular complexity index is 1130. The van der Waals surface area contributed by atoms with Crippen LogP contribution in [0.5, 0.6) is 0 Å². The molecule has 1 aliphatic rings. The molecule has 3 rings (SSSR count). The quantitative estimate of drug-likeness (QED) is 0.401. The van der Waals surface area contributed by atoms with Gasteiger partial charge >= 0.3 is 0 Å². The van der Waals surface area contributed by atoms with Crippen LogP contribution >= 0.6 is 11.8 Å². The van der Waals surface area contributed by atoms with E-state index in [1.165, 1.54) is 33.7 Å². The number of halogens is 1. The maximum absolute atomic E-state index is 13.7. The first kappa shape index (κ1) is 24.2. The Morgan fingerprint density at radius 3 is 2.59 bits per heavy atom. The lowest BCUT2D eigenvalue weighted by Gasteiger charge is -2.40. The summed E-state index contributed by atoms with van der Waals surface area (Å²) < 4.78 is 32.0. The van der Waals surface area contributed by atoms with Crippen LogP contribution in [0, 0.1) is 0 Å². The zero-order chi connectivity index (χ0) is 23.5. The Labute approximate surface area is 192 Å². The Morgan fingerprint density at radius 1 is 1.31 bits per heavy atom. The van der Waals surface area contributed by atoms with Crippen molar-refractivity contribution in [3.8, 4) is 0 Å². The number of hydrogen-bond donors (Lipinski definition) is 3. The number of benzene rings is 1. The number of anilines is 1. The van der Waals surface area contributed by atoms with Crippen molar-refractivity contribution < 1.29 is 18.3 Å². The van der Waals surface area contributed by atoms with Crippen LogP contribution in [-0.2, 0) is 14.8 Å². The summed E-state index contributed by atoms with van der Waals surface area (Å²) in [6.45, 7) is -0.579. The summed E-state index contributed by atoms with van der Waals surface area (Å²) in [5, 5.41) is 13.7. The van der Waals surface area contributed by atoms with Crippen LogP contribution in [0.4, 0.5) is 5.69 Å². The molecule has 1 aromatic heterocycles. The van der Waals surface area contributed by atoms with Crippen LogP contribution in [0.1, 0.15) is 25.7 Å². The van der Waals surface area contributed by atoms with Gasteiger partial charge in [-0.05, 0) is 25.0 Å². The van der Waals surface area contributed by atoms with Crippen LogP contribution < -0.4 is 11.1 Å². The highest BCUT2D eigenvalue weighted by atomic mass is 35.5. The van der Waals surface area contributed by atoms with Crippen LogP contribution in [0.15, 0.2) is 40.0 Å². The molecule has 0 spiro atoms. The fourth-order valence-electron chi connectivity index (χ4n) is 4.30. The molecule has 2 aromatic rings. The first-order chi connectivity index (χ1) is 15.2. The van der Waals surface area contributed by atoms with E-state index in [0.717, 1.165) is 12.8 Å². The third-order valence-corrected chi connectivity index (χ3v) is 7.83. The molecule has 4 N–H and O–H groups in total. The molecule has 0 aliphatic heterocycles. The van der Waals surface area contributed by atoms with E-state index >= 15 is 0 Å². The van der Waals surface area contributed by atoms with Gasteiger partial charge in [-0.3, -0.25) is 9.78 Å². The number of aliphatic hydroxyl groups excluding tert-OH is 1. The van der Waals surface area contributed by atoms with E-state index in [1.807, 2.05) is 0 Å². The number of fused-ring (bicyclic) bond motifs is 1. The van der Waals surface area contributed by atoms with E-state index in [1.54, 1.807) is 20.2 Å². The fraction of sp³-hybridized carbons (Fsp3) is 0.450. The lowest BCUT2D eigenvalue weighted by molar-refractivity contribution is -0.139. The van der Waals surface area contributed by atoms with Crippen molar-refractivity contribution in [2.24, 2.45) is 10.2 Å². The maximum Gasteiger partial charge on any atom is 0.244 e. The fourth-order valence-corrected chi connectivity index (χ4v) is 6.16. The predicted molar refractivity (Wildman–Crippen MR) is 124 cm³/mol. The Kier molecular flexibility index (Phi) is 7.23. The van der Waals surface area contributed by atoms with E-state index in [0.29, 0.717) is 29.3 Å². The number of rotatable bonds is 7. The minimum absolute atomic E-state index is 0.00853. The molecule has 1 aromatic carbocycles. The summed E-state index contributed by atoms with van der Waals surface area (Å²) in [6, 6.07) is 4.58. The topological polar surface area (TPSA) is 141 Å². The van der Waals surface area contributed by atoms with Crippen molar-refractivity contribution in [1.82, 2.24) is 14.2 Å². The molecule has 1 aliphatic carbocycles. The van der Waals surface area contributed by atoms with E-state index in [4.69, 9.17) is 17.5 Å². The minimum atomic E-state index is -4.11. The van der Waals surface area contributed by atoms with Gasteiger partial charge in [-0.25, -0.2) is 8.42 Å². The standard InChI is InChI=1S/C20H27ClN6O4S/c1-26(2)18(29)20(7-3-4-8-20)27(9-10-28)32(30,31)15-5-6-16-14(11-15)12-23-13-17(16)24-19(22)25-21/h5-6,11-13,28H,3-4,7-10H2,1-2H3,(H3,22,24,25). The van der Waals surface area contributed by atoms with Gasteiger partial charge < -0.3 is 21.1 Å². The molecule has 0 bridgehead atoms. The zero-order valence-corrected chi connectivity index (χ0v) is 19.5. The van der Waals surface area contributed by atoms with Crippen molar-refractivity contribution in [3.63, 3.8) is 0 Å². The lowest BCUT2D eigenvalue weighted by Crippen LogP contribution is -2.59. The number of pyridine rings is 1. The minimum Gasteiger partial charge on any atom is -0.395 e.